The van der Waals surface area contributed by atoms with Crippen molar-refractivity contribution in [3.05, 3.63) is 118 Å². The van der Waals surface area contributed by atoms with Gasteiger partial charge in [0.25, 0.3) is 11.8 Å². The van der Waals surface area contributed by atoms with Crippen LogP contribution < -0.4 is 9.64 Å². The number of aromatic nitrogens is 2. The predicted molar refractivity (Wildman–Crippen MR) is 184 cm³/mol. The average Bonchev–Trinajstić information content (AvgIpc) is 3.37. The molecule has 0 aliphatic carbocycles. The Morgan fingerprint density at radius 3 is 2.33 bits per heavy atom. The molecule has 11 heteroatoms. The van der Waals surface area contributed by atoms with Crippen molar-refractivity contribution in [2.75, 3.05) is 38.1 Å². The fourth-order valence-electron chi connectivity index (χ4n) is 5.40. The summed E-state index contributed by atoms with van der Waals surface area (Å²) in [5.74, 6) is 0.761. The van der Waals surface area contributed by atoms with Gasteiger partial charge in [0.15, 0.2) is 0 Å². The van der Waals surface area contributed by atoms with Crippen molar-refractivity contribution >= 4 is 68.6 Å². The molecule has 0 N–H and O–H groups in total. The van der Waals surface area contributed by atoms with Gasteiger partial charge >= 0.3 is 0 Å². The third-order valence-electron chi connectivity index (χ3n) is 7.94. The normalized spacial score (nSPS) is 13.4. The number of amides is 2. The van der Waals surface area contributed by atoms with E-state index in [1.54, 1.807) is 43.6 Å². The molecule has 3 aromatic carbocycles. The Labute approximate surface area is 282 Å². The number of fused-ring (bicyclic) bond motifs is 1. The lowest BCUT2D eigenvalue weighted by Crippen LogP contribution is -2.48. The molecule has 0 bridgehead atoms. The molecule has 0 saturated carbocycles. The number of hydrogen-bond donors (Lipinski definition) is 0. The fraction of sp³-hybridized carbons (Fsp3) is 0.206. The third-order valence-corrected chi connectivity index (χ3v) is 8.68. The molecule has 1 aliphatic heterocycles. The Bertz CT molecular complexity index is 1820. The molecule has 8 nitrogen and oxygen atoms in total. The summed E-state index contributed by atoms with van der Waals surface area (Å²) in [5.41, 5.74) is 3.88. The van der Waals surface area contributed by atoms with Gasteiger partial charge in [0.05, 0.1) is 21.9 Å². The van der Waals surface area contributed by atoms with Gasteiger partial charge in [0, 0.05) is 69.4 Å². The zero-order valence-corrected chi connectivity index (χ0v) is 28.0. The van der Waals surface area contributed by atoms with E-state index in [0.29, 0.717) is 51.7 Å². The first-order valence-electron chi connectivity index (χ1n) is 14.3. The van der Waals surface area contributed by atoms with Crippen LogP contribution in [0.4, 0.5) is 5.69 Å². The van der Waals surface area contributed by atoms with Crippen molar-refractivity contribution in [2.24, 2.45) is 7.05 Å². The van der Waals surface area contributed by atoms with Crippen molar-refractivity contribution < 1.29 is 14.3 Å². The zero-order chi connectivity index (χ0) is 30.8. The van der Waals surface area contributed by atoms with Gasteiger partial charge in [0.1, 0.15) is 11.4 Å². The van der Waals surface area contributed by atoms with Gasteiger partial charge in [0.2, 0.25) is 5.88 Å². The molecule has 0 unspecified atom stereocenters. The summed E-state index contributed by atoms with van der Waals surface area (Å²) < 4.78 is 7.96. The summed E-state index contributed by atoms with van der Waals surface area (Å²) in [6.07, 6.45) is 1.57. The van der Waals surface area contributed by atoms with Crippen molar-refractivity contribution in [3.63, 3.8) is 0 Å². The van der Waals surface area contributed by atoms with Crippen LogP contribution >= 0.6 is 40.2 Å². The van der Waals surface area contributed by atoms with Gasteiger partial charge in [-0.15, -0.1) is 17.0 Å². The van der Waals surface area contributed by atoms with Crippen molar-refractivity contribution in [1.29, 1.82) is 0 Å². The van der Waals surface area contributed by atoms with Gasteiger partial charge in [-0.05, 0) is 54.1 Å². The number of rotatable bonds is 7. The Morgan fingerprint density at radius 1 is 0.889 bits per heavy atom. The van der Waals surface area contributed by atoms with E-state index in [0.717, 1.165) is 30.5 Å². The number of nitrogens with zero attached hydrogens (tertiary/aromatic N) is 5. The maximum Gasteiger partial charge on any atom is 0.270 e. The largest absolute Gasteiger partial charge is 0.439 e. The second-order valence-corrected chi connectivity index (χ2v) is 11.6. The van der Waals surface area contributed by atoms with E-state index in [9.17, 15) is 9.59 Å². The number of aryl methyl sites for hydroxylation is 1. The van der Waals surface area contributed by atoms with Crippen LogP contribution in [0.25, 0.3) is 10.9 Å². The smallest absolute Gasteiger partial charge is 0.270 e. The van der Waals surface area contributed by atoms with E-state index >= 15 is 0 Å². The molecule has 2 aromatic heterocycles. The summed E-state index contributed by atoms with van der Waals surface area (Å²) >= 11 is 12.1. The van der Waals surface area contributed by atoms with Gasteiger partial charge in [-0.2, -0.15) is 0 Å². The first-order valence-corrected chi connectivity index (χ1v) is 15.0. The summed E-state index contributed by atoms with van der Waals surface area (Å²) in [6.45, 7) is 3.96. The minimum Gasteiger partial charge on any atom is -0.439 e. The topological polar surface area (TPSA) is 70.9 Å². The van der Waals surface area contributed by atoms with Crippen molar-refractivity contribution in [3.8, 4) is 11.6 Å². The molecular formula is C34H32BrCl2N5O3. The SMILES string of the molecule is Br.CN(C(=O)c1ccc(Cl)c(Cl)c1)c1ccc(Oc2ccc3c(c2)cc(C(=O)N2CCN(Cc4ccccc4)CC2)n3C)nc1. The third kappa shape index (κ3) is 7.17. The number of pyridine rings is 1. The number of hydrogen-bond acceptors (Lipinski definition) is 5. The van der Waals surface area contributed by atoms with E-state index < -0.39 is 0 Å². The molecule has 3 heterocycles. The molecule has 2 amide bonds. The molecule has 5 aromatic rings. The number of ether oxygens (including phenoxy) is 1. The molecule has 1 aliphatic rings. The van der Waals surface area contributed by atoms with Crippen LogP contribution in [0, 0.1) is 0 Å². The molecule has 6 rings (SSSR count). The standard InChI is InChI=1S/C34H31Cl2N5O3.BrH/c1-38(33(42)24-8-11-28(35)29(36)19-24)26-9-13-32(37-21-26)44-27-10-12-30-25(18-27)20-31(39(30)2)34(43)41-16-14-40(15-17-41)22-23-6-4-3-5-7-23;/h3-13,18-21H,14-17,22H2,1-2H3;1H. The molecule has 232 valence electrons. The average molecular weight is 709 g/mol. The summed E-state index contributed by atoms with van der Waals surface area (Å²) in [6, 6.07) is 26.3. The highest BCUT2D eigenvalue weighted by molar-refractivity contribution is 8.93. The minimum absolute atomic E-state index is 0. The zero-order valence-electron chi connectivity index (χ0n) is 24.8. The highest BCUT2D eigenvalue weighted by Gasteiger charge is 2.25. The number of piperazine rings is 1. The minimum atomic E-state index is -0.243. The lowest BCUT2D eigenvalue weighted by molar-refractivity contribution is 0.0619. The maximum absolute atomic E-state index is 13.5. The fourth-order valence-corrected chi connectivity index (χ4v) is 5.70. The Balaban J connectivity index is 0.00000400. The molecule has 0 radical (unpaired) electrons. The number of halogens is 3. The number of benzene rings is 3. The Morgan fingerprint density at radius 2 is 1.64 bits per heavy atom. The first-order chi connectivity index (χ1) is 21.3. The van der Waals surface area contributed by atoms with Crippen LogP contribution in [-0.4, -0.2) is 64.4 Å². The molecular weight excluding hydrogens is 677 g/mol. The highest BCUT2D eigenvalue weighted by atomic mass is 79.9. The van der Waals surface area contributed by atoms with Crippen molar-refractivity contribution in [2.45, 2.75) is 6.54 Å². The molecule has 1 fully saturated rings. The molecule has 1 saturated heterocycles. The van der Waals surface area contributed by atoms with Crippen LogP contribution in [0.2, 0.25) is 10.0 Å². The van der Waals surface area contributed by atoms with Gasteiger partial charge in [-0.1, -0.05) is 53.5 Å². The van der Waals surface area contributed by atoms with E-state index in [-0.39, 0.29) is 28.8 Å². The number of carbonyl (C=O) groups excluding carboxylic acids is 2. The van der Waals surface area contributed by atoms with Crippen LogP contribution in [-0.2, 0) is 13.6 Å². The van der Waals surface area contributed by atoms with E-state index in [1.807, 2.05) is 46.8 Å². The lowest BCUT2D eigenvalue weighted by atomic mass is 10.2. The molecule has 45 heavy (non-hydrogen) atoms. The van der Waals surface area contributed by atoms with E-state index in [4.69, 9.17) is 27.9 Å². The number of anilines is 1. The first kappa shape index (κ1) is 32.5. The monoisotopic (exact) mass is 707 g/mol. The molecule has 0 spiro atoms. The van der Waals surface area contributed by atoms with Crippen LogP contribution in [0.1, 0.15) is 26.4 Å². The second-order valence-electron chi connectivity index (χ2n) is 10.8. The molecule has 0 atom stereocenters. The van der Waals surface area contributed by atoms with E-state index in [2.05, 4.69) is 34.1 Å². The van der Waals surface area contributed by atoms with Gasteiger partial charge in [-0.3, -0.25) is 14.5 Å². The Kier molecular flexibility index (Phi) is 10.1. The number of carbonyl (C=O) groups is 2. The predicted octanol–water partition coefficient (Wildman–Crippen LogP) is 7.48. The quantitative estimate of drug-likeness (QED) is 0.175. The van der Waals surface area contributed by atoms with E-state index in [1.165, 1.54) is 10.5 Å². The Hall–Kier alpha value is -3.89. The lowest BCUT2D eigenvalue weighted by Gasteiger charge is -2.34. The summed E-state index contributed by atoms with van der Waals surface area (Å²) in [4.78, 5) is 36.6. The van der Waals surface area contributed by atoms with Gasteiger partial charge < -0.3 is 19.1 Å². The summed E-state index contributed by atoms with van der Waals surface area (Å²) in [5, 5.41) is 1.61. The van der Waals surface area contributed by atoms with Crippen LogP contribution in [0.15, 0.2) is 91.1 Å². The maximum atomic E-state index is 13.5. The van der Waals surface area contributed by atoms with Crippen LogP contribution in [0.5, 0.6) is 11.6 Å². The highest BCUT2D eigenvalue weighted by Crippen LogP contribution is 2.29. The van der Waals surface area contributed by atoms with Crippen LogP contribution in [0.3, 0.4) is 0 Å². The van der Waals surface area contributed by atoms with Gasteiger partial charge in [-0.25, -0.2) is 4.98 Å². The summed E-state index contributed by atoms with van der Waals surface area (Å²) in [7, 11) is 3.58. The second kappa shape index (κ2) is 14.0. The van der Waals surface area contributed by atoms with Crippen molar-refractivity contribution in [1.82, 2.24) is 19.4 Å².